The van der Waals surface area contributed by atoms with E-state index in [9.17, 15) is 4.79 Å². The summed E-state index contributed by atoms with van der Waals surface area (Å²) in [4.78, 5) is 12.2. The SMILES string of the molecule is CCOc1cc(C)c(Cl)cc1C(C(=O)CC)C(C)C. The van der Waals surface area contributed by atoms with Gasteiger partial charge in [0.1, 0.15) is 11.5 Å². The summed E-state index contributed by atoms with van der Waals surface area (Å²) in [5, 5.41) is 0.688. The maximum atomic E-state index is 12.2. The Morgan fingerprint density at radius 2 is 1.95 bits per heavy atom. The first-order valence-corrected chi connectivity index (χ1v) is 7.25. The molecule has 1 aromatic carbocycles. The maximum Gasteiger partial charge on any atom is 0.140 e. The lowest BCUT2D eigenvalue weighted by molar-refractivity contribution is -0.121. The maximum absolute atomic E-state index is 12.2. The third-order valence-corrected chi connectivity index (χ3v) is 3.70. The van der Waals surface area contributed by atoms with Crippen LogP contribution in [0.3, 0.4) is 0 Å². The largest absolute Gasteiger partial charge is 0.494 e. The number of carbonyl (C=O) groups excluding carboxylic acids is 1. The molecule has 1 aromatic rings. The van der Waals surface area contributed by atoms with Crippen LogP contribution in [0.2, 0.25) is 5.02 Å². The number of ether oxygens (including phenoxy) is 1. The molecule has 0 aliphatic carbocycles. The number of hydrogen-bond donors (Lipinski definition) is 0. The van der Waals surface area contributed by atoms with E-state index >= 15 is 0 Å². The van der Waals surface area contributed by atoms with Crippen molar-refractivity contribution in [2.45, 2.75) is 47.0 Å². The molecule has 0 aromatic heterocycles. The van der Waals surface area contributed by atoms with Crippen LogP contribution < -0.4 is 4.74 Å². The lowest BCUT2D eigenvalue weighted by Crippen LogP contribution is -2.18. The lowest BCUT2D eigenvalue weighted by Gasteiger charge is -2.23. The third-order valence-electron chi connectivity index (χ3n) is 3.29. The second-order valence-electron chi connectivity index (χ2n) is 5.11. The molecular weight excluding hydrogens is 260 g/mol. The Kier molecular flexibility index (Phi) is 5.86. The fourth-order valence-electron chi connectivity index (χ4n) is 2.32. The van der Waals surface area contributed by atoms with Gasteiger partial charge in [0.2, 0.25) is 0 Å². The van der Waals surface area contributed by atoms with E-state index in [-0.39, 0.29) is 17.6 Å². The number of hydrogen-bond acceptors (Lipinski definition) is 2. The van der Waals surface area contributed by atoms with Crippen molar-refractivity contribution in [1.82, 2.24) is 0 Å². The van der Waals surface area contributed by atoms with Crippen LogP contribution in [-0.2, 0) is 4.79 Å². The van der Waals surface area contributed by atoms with Crippen LogP contribution in [0.15, 0.2) is 12.1 Å². The highest BCUT2D eigenvalue weighted by molar-refractivity contribution is 6.31. The molecule has 19 heavy (non-hydrogen) atoms. The first-order chi connectivity index (χ1) is 8.92. The van der Waals surface area contributed by atoms with Crippen molar-refractivity contribution in [3.63, 3.8) is 0 Å². The Labute approximate surface area is 121 Å². The van der Waals surface area contributed by atoms with E-state index in [1.165, 1.54) is 0 Å². The molecule has 1 atom stereocenters. The minimum Gasteiger partial charge on any atom is -0.494 e. The summed E-state index contributed by atoms with van der Waals surface area (Å²) in [7, 11) is 0. The van der Waals surface area contributed by atoms with Crippen molar-refractivity contribution >= 4 is 17.4 Å². The van der Waals surface area contributed by atoms with E-state index in [1.807, 2.05) is 32.9 Å². The van der Waals surface area contributed by atoms with Gasteiger partial charge in [0.05, 0.1) is 6.61 Å². The summed E-state index contributed by atoms with van der Waals surface area (Å²) < 4.78 is 5.69. The van der Waals surface area contributed by atoms with Crippen LogP contribution in [-0.4, -0.2) is 12.4 Å². The lowest BCUT2D eigenvalue weighted by atomic mass is 9.83. The Balaban J connectivity index is 3.35. The van der Waals surface area contributed by atoms with Crippen molar-refractivity contribution in [2.24, 2.45) is 5.92 Å². The molecule has 1 unspecified atom stereocenters. The van der Waals surface area contributed by atoms with Gasteiger partial charge in [0, 0.05) is 22.9 Å². The summed E-state index contributed by atoms with van der Waals surface area (Å²) >= 11 is 6.22. The summed E-state index contributed by atoms with van der Waals surface area (Å²) in [6, 6.07) is 3.82. The molecule has 0 fully saturated rings. The van der Waals surface area contributed by atoms with Gasteiger partial charge in [-0.25, -0.2) is 0 Å². The van der Waals surface area contributed by atoms with E-state index < -0.39 is 0 Å². The monoisotopic (exact) mass is 282 g/mol. The fraction of sp³-hybridized carbons (Fsp3) is 0.562. The minimum absolute atomic E-state index is 0.148. The van der Waals surface area contributed by atoms with Crippen LogP contribution in [0.25, 0.3) is 0 Å². The van der Waals surface area contributed by atoms with Gasteiger partial charge in [-0.3, -0.25) is 4.79 Å². The molecule has 0 N–H and O–H groups in total. The standard InChI is InChI=1S/C16H23ClO2/c1-6-14(18)16(10(3)4)12-9-13(17)11(5)8-15(12)19-7-2/h8-10,16H,6-7H2,1-5H3. The molecule has 0 saturated heterocycles. The number of Topliss-reactive ketones (excluding diaryl/α,β-unsaturated/α-hetero) is 1. The Morgan fingerprint density at radius 1 is 1.32 bits per heavy atom. The molecule has 1 rings (SSSR count). The summed E-state index contributed by atoms with van der Waals surface area (Å²) in [6.07, 6.45) is 0.528. The van der Waals surface area contributed by atoms with Crippen LogP contribution in [0.4, 0.5) is 0 Å². The zero-order valence-electron chi connectivity index (χ0n) is 12.4. The zero-order chi connectivity index (χ0) is 14.6. The van der Waals surface area contributed by atoms with Crippen molar-refractivity contribution in [3.8, 4) is 5.75 Å². The molecular formula is C16H23ClO2. The normalized spacial score (nSPS) is 12.6. The van der Waals surface area contributed by atoms with E-state index in [1.54, 1.807) is 0 Å². The average Bonchev–Trinajstić information content (AvgIpc) is 2.35. The van der Waals surface area contributed by atoms with Crippen LogP contribution in [0.1, 0.15) is 51.2 Å². The molecule has 0 aliphatic heterocycles. The van der Waals surface area contributed by atoms with Gasteiger partial charge in [0.15, 0.2) is 0 Å². The number of aryl methyl sites for hydroxylation is 1. The van der Waals surface area contributed by atoms with Gasteiger partial charge < -0.3 is 4.74 Å². The molecule has 106 valence electrons. The van der Waals surface area contributed by atoms with Gasteiger partial charge in [-0.2, -0.15) is 0 Å². The summed E-state index contributed by atoms with van der Waals surface area (Å²) in [5.41, 5.74) is 1.89. The van der Waals surface area contributed by atoms with E-state index in [0.29, 0.717) is 18.1 Å². The van der Waals surface area contributed by atoms with E-state index in [0.717, 1.165) is 16.9 Å². The molecule has 0 amide bonds. The smallest absolute Gasteiger partial charge is 0.140 e. The third kappa shape index (κ3) is 3.73. The van der Waals surface area contributed by atoms with E-state index in [2.05, 4.69) is 13.8 Å². The van der Waals surface area contributed by atoms with Crippen molar-refractivity contribution < 1.29 is 9.53 Å². The molecule has 2 nitrogen and oxygen atoms in total. The molecule has 0 aliphatic rings. The second kappa shape index (κ2) is 6.95. The summed E-state index contributed by atoms with van der Waals surface area (Å²) in [6.45, 7) is 10.5. The number of ketones is 1. The van der Waals surface area contributed by atoms with Crippen LogP contribution in [0.5, 0.6) is 5.75 Å². The van der Waals surface area contributed by atoms with Gasteiger partial charge in [0.25, 0.3) is 0 Å². The second-order valence-corrected chi connectivity index (χ2v) is 5.52. The molecule has 0 saturated carbocycles. The highest BCUT2D eigenvalue weighted by atomic mass is 35.5. The Bertz CT molecular complexity index is 452. The predicted molar refractivity (Wildman–Crippen MR) is 80.2 cm³/mol. The number of halogens is 1. The van der Waals surface area contributed by atoms with Gasteiger partial charge in [-0.15, -0.1) is 0 Å². The van der Waals surface area contributed by atoms with Crippen molar-refractivity contribution in [2.75, 3.05) is 6.61 Å². The molecule has 3 heteroatoms. The minimum atomic E-state index is -0.148. The van der Waals surface area contributed by atoms with Crippen molar-refractivity contribution in [3.05, 3.63) is 28.3 Å². The van der Waals surface area contributed by atoms with Gasteiger partial charge in [-0.1, -0.05) is 32.4 Å². The predicted octanol–water partition coefficient (Wildman–Crippen LogP) is 4.77. The molecule has 0 radical (unpaired) electrons. The quantitative estimate of drug-likeness (QED) is 0.751. The average molecular weight is 283 g/mol. The number of benzene rings is 1. The van der Waals surface area contributed by atoms with E-state index in [4.69, 9.17) is 16.3 Å². The molecule has 0 bridgehead atoms. The Morgan fingerprint density at radius 3 is 2.42 bits per heavy atom. The van der Waals surface area contributed by atoms with Crippen LogP contribution in [0, 0.1) is 12.8 Å². The van der Waals surface area contributed by atoms with Gasteiger partial charge in [-0.05, 0) is 37.5 Å². The fourth-order valence-corrected chi connectivity index (χ4v) is 2.49. The number of rotatable bonds is 6. The highest BCUT2D eigenvalue weighted by Gasteiger charge is 2.26. The first-order valence-electron chi connectivity index (χ1n) is 6.87. The first kappa shape index (κ1) is 16.0. The Hall–Kier alpha value is -1.02. The summed E-state index contributed by atoms with van der Waals surface area (Å²) in [5.74, 6) is 1.09. The number of carbonyl (C=O) groups is 1. The molecule has 0 heterocycles. The topological polar surface area (TPSA) is 26.3 Å². The highest BCUT2D eigenvalue weighted by Crippen LogP contribution is 2.37. The molecule has 0 spiro atoms. The van der Waals surface area contributed by atoms with Gasteiger partial charge >= 0.3 is 0 Å². The van der Waals surface area contributed by atoms with Crippen molar-refractivity contribution in [1.29, 1.82) is 0 Å². The van der Waals surface area contributed by atoms with Crippen LogP contribution >= 0.6 is 11.6 Å². The zero-order valence-corrected chi connectivity index (χ0v) is 13.2.